The highest BCUT2D eigenvalue weighted by Crippen LogP contribution is 2.43. The summed E-state index contributed by atoms with van der Waals surface area (Å²) in [5, 5.41) is 9.34. The highest BCUT2D eigenvalue weighted by molar-refractivity contribution is 6.13. The number of aromatic nitrogens is 4. The Balaban J connectivity index is 1.24. The lowest BCUT2D eigenvalue weighted by Crippen LogP contribution is -2.53. The number of nitrogens with one attached hydrogen (secondary N) is 2. The number of carbonyl (C=O) groups is 1. The Kier molecular flexibility index (Phi) is 8.83. The van der Waals surface area contributed by atoms with Gasteiger partial charge in [0.15, 0.2) is 0 Å². The Morgan fingerprint density at radius 3 is 2.49 bits per heavy atom. The SMILES string of the molecule is CCC(C)(C)c1cc(-c2nc(C)nc3[nH]c4cc(-c5c(C)noc5C)c(OC)cc4c23)ccc1NC(=O)N1CCN(C2CCOCC2)CC1. The molecule has 2 aliphatic heterocycles. The first-order chi connectivity index (χ1) is 23.6. The van der Waals surface area contributed by atoms with E-state index in [1.165, 1.54) is 0 Å². The second kappa shape index (κ2) is 13.1. The lowest BCUT2D eigenvalue weighted by molar-refractivity contribution is 0.0194. The Morgan fingerprint density at radius 1 is 1.06 bits per heavy atom. The number of ether oxygens (including phenoxy) is 2. The third kappa shape index (κ3) is 6.14. The number of benzene rings is 2. The van der Waals surface area contributed by atoms with E-state index >= 15 is 0 Å². The van der Waals surface area contributed by atoms with Gasteiger partial charge in [-0.25, -0.2) is 14.8 Å². The molecule has 3 aromatic heterocycles. The minimum absolute atomic E-state index is 0.0503. The first kappa shape index (κ1) is 33.0. The number of aromatic amines is 1. The molecule has 0 bridgehead atoms. The van der Waals surface area contributed by atoms with Crippen molar-refractivity contribution < 1.29 is 18.8 Å². The number of fused-ring (bicyclic) bond motifs is 3. The van der Waals surface area contributed by atoms with Crippen LogP contribution in [-0.2, 0) is 10.2 Å². The number of rotatable bonds is 7. The van der Waals surface area contributed by atoms with Gasteiger partial charge in [0, 0.05) is 73.2 Å². The van der Waals surface area contributed by atoms with Crippen LogP contribution in [0.25, 0.3) is 44.3 Å². The van der Waals surface area contributed by atoms with E-state index in [2.05, 4.69) is 59.3 Å². The molecule has 2 aliphatic rings. The van der Waals surface area contributed by atoms with Crippen LogP contribution < -0.4 is 10.1 Å². The third-order valence-corrected chi connectivity index (χ3v) is 10.6. The van der Waals surface area contributed by atoms with Crippen molar-refractivity contribution in [2.24, 2.45) is 0 Å². The summed E-state index contributed by atoms with van der Waals surface area (Å²) in [6, 6.07) is 10.9. The predicted molar refractivity (Wildman–Crippen MR) is 192 cm³/mol. The fraction of sp³-hybridized carbons (Fsp3) is 0.474. The average Bonchev–Trinajstić information content (AvgIpc) is 3.64. The molecule has 2 saturated heterocycles. The second-order valence-corrected chi connectivity index (χ2v) is 14.1. The van der Waals surface area contributed by atoms with Gasteiger partial charge in [0.1, 0.15) is 23.0 Å². The van der Waals surface area contributed by atoms with Crippen LogP contribution in [0.15, 0.2) is 34.9 Å². The number of urea groups is 1. The summed E-state index contributed by atoms with van der Waals surface area (Å²) < 4.78 is 17.0. The molecule has 0 aliphatic carbocycles. The van der Waals surface area contributed by atoms with Gasteiger partial charge in [-0.1, -0.05) is 32.0 Å². The number of anilines is 1. The first-order valence-electron chi connectivity index (χ1n) is 17.4. The predicted octanol–water partition coefficient (Wildman–Crippen LogP) is 7.38. The van der Waals surface area contributed by atoms with Crippen molar-refractivity contribution in [2.45, 2.75) is 72.3 Å². The number of piperazine rings is 1. The van der Waals surface area contributed by atoms with Gasteiger partial charge in [0.2, 0.25) is 0 Å². The van der Waals surface area contributed by atoms with Gasteiger partial charge >= 0.3 is 6.03 Å². The van der Waals surface area contributed by atoms with Gasteiger partial charge in [-0.3, -0.25) is 4.90 Å². The van der Waals surface area contributed by atoms with Crippen LogP contribution in [0.3, 0.4) is 0 Å². The normalized spacial score (nSPS) is 16.5. The van der Waals surface area contributed by atoms with Crippen molar-refractivity contribution in [1.82, 2.24) is 29.9 Å². The van der Waals surface area contributed by atoms with Crippen molar-refractivity contribution in [2.75, 3.05) is 51.8 Å². The maximum atomic E-state index is 13.6. The molecule has 11 heteroatoms. The molecule has 2 fully saturated rings. The number of aryl methyl sites for hydroxylation is 3. The van der Waals surface area contributed by atoms with E-state index in [9.17, 15) is 4.79 Å². The van der Waals surface area contributed by atoms with E-state index in [-0.39, 0.29) is 11.4 Å². The van der Waals surface area contributed by atoms with Crippen molar-refractivity contribution in [3.8, 4) is 28.1 Å². The largest absolute Gasteiger partial charge is 0.496 e. The highest BCUT2D eigenvalue weighted by atomic mass is 16.5. The molecule has 258 valence electrons. The fourth-order valence-corrected chi connectivity index (χ4v) is 7.46. The molecule has 11 nitrogen and oxygen atoms in total. The molecule has 7 rings (SSSR count). The fourth-order valence-electron chi connectivity index (χ4n) is 7.46. The number of amides is 2. The number of nitrogens with zero attached hydrogens (tertiary/aromatic N) is 5. The molecule has 49 heavy (non-hydrogen) atoms. The zero-order chi connectivity index (χ0) is 34.4. The topological polar surface area (TPSA) is 122 Å². The van der Waals surface area contributed by atoms with E-state index in [1.54, 1.807) is 7.11 Å². The molecule has 0 saturated carbocycles. The van der Waals surface area contributed by atoms with Crippen molar-refractivity contribution >= 4 is 33.7 Å². The number of hydrogen-bond donors (Lipinski definition) is 2. The van der Waals surface area contributed by atoms with Gasteiger partial charge in [-0.15, -0.1) is 0 Å². The molecule has 0 unspecified atom stereocenters. The standard InChI is InChI=1S/C38H47N7O4/c1-8-38(5,6)29-19-25(9-10-30(29)42-37(46)45-15-13-44(14-16-45)26-11-17-48-18-12-26)35-34-27-21-32(47-7)28(33-22(2)43-49-23(33)3)20-31(27)41-36(34)40-24(4)39-35/h9-10,19-21,26H,8,11-18H2,1-7H3,(H,42,46)(H,39,40,41). The minimum Gasteiger partial charge on any atom is -0.496 e. The van der Waals surface area contributed by atoms with Gasteiger partial charge in [-0.2, -0.15) is 0 Å². The Bertz CT molecular complexity index is 2000. The molecule has 2 N–H and O–H groups in total. The zero-order valence-corrected chi connectivity index (χ0v) is 29.7. The molecule has 2 aromatic carbocycles. The monoisotopic (exact) mass is 665 g/mol. The minimum atomic E-state index is -0.200. The van der Waals surface area contributed by atoms with E-state index < -0.39 is 0 Å². The van der Waals surface area contributed by atoms with E-state index in [4.69, 9.17) is 24.0 Å². The zero-order valence-electron chi connectivity index (χ0n) is 29.7. The van der Waals surface area contributed by atoms with Crippen LogP contribution in [0.1, 0.15) is 62.9 Å². The smallest absolute Gasteiger partial charge is 0.321 e. The summed E-state index contributed by atoms with van der Waals surface area (Å²) in [5.74, 6) is 2.12. The summed E-state index contributed by atoms with van der Waals surface area (Å²) in [4.78, 5) is 31.5. The average molecular weight is 666 g/mol. The van der Waals surface area contributed by atoms with Crippen LogP contribution in [0, 0.1) is 20.8 Å². The summed E-state index contributed by atoms with van der Waals surface area (Å²) in [6.45, 7) is 17.3. The van der Waals surface area contributed by atoms with Crippen molar-refractivity contribution in [1.29, 1.82) is 0 Å². The van der Waals surface area contributed by atoms with Crippen molar-refractivity contribution in [3.63, 3.8) is 0 Å². The van der Waals surface area contributed by atoms with Crippen LogP contribution in [0.2, 0.25) is 0 Å². The van der Waals surface area contributed by atoms with E-state index in [1.807, 2.05) is 37.8 Å². The number of H-pyrrole nitrogens is 1. The van der Waals surface area contributed by atoms with Gasteiger partial charge in [0.25, 0.3) is 0 Å². The van der Waals surface area contributed by atoms with Gasteiger partial charge in [-0.05, 0) is 75.3 Å². The van der Waals surface area contributed by atoms with Crippen LogP contribution in [0.5, 0.6) is 5.75 Å². The lowest BCUT2D eigenvalue weighted by atomic mass is 9.80. The Morgan fingerprint density at radius 2 is 1.82 bits per heavy atom. The van der Waals surface area contributed by atoms with Gasteiger partial charge in [0.05, 0.1) is 29.4 Å². The number of carbonyl (C=O) groups excluding carboxylic acids is 1. The molecule has 2 amide bonds. The molecule has 5 heterocycles. The Labute approximate surface area is 287 Å². The van der Waals surface area contributed by atoms with Crippen molar-refractivity contribution in [3.05, 3.63) is 53.2 Å². The molecule has 0 radical (unpaired) electrons. The van der Waals surface area contributed by atoms with E-state index in [0.29, 0.717) is 30.7 Å². The molecule has 0 spiro atoms. The maximum absolute atomic E-state index is 13.6. The summed E-state index contributed by atoms with van der Waals surface area (Å²) in [7, 11) is 1.68. The number of hydrogen-bond acceptors (Lipinski definition) is 8. The lowest BCUT2D eigenvalue weighted by Gasteiger charge is -2.40. The second-order valence-electron chi connectivity index (χ2n) is 14.1. The van der Waals surface area contributed by atoms with Crippen LogP contribution in [-0.4, -0.2) is 88.5 Å². The first-order valence-corrected chi connectivity index (χ1v) is 17.4. The van der Waals surface area contributed by atoms with Gasteiger partial charge < -0.3 is 29.2 Å². The van der Waals surface area contributed by atoms with Crippen LogP contribution >= 0.6 is 0 Å². The summed E-state index contributed by atoms with van der Waals surface area (Å²) in [6.07, 6.45) is 3.04. The Hall–Kier alpha value is -4.48. The van der Waals surface area contributed by atoms with Crippen LogP contribution in [0.4, 0.5) is 10.5 Å². The summed E-state index contributed by atoms with van der Waals surface area (Å²) >= 11 is 0. The molecule has 0 atom stereocenters. The molecule has 5 aromatic rings. The maximum Gasteiger partial charge on any atom is 0.321 e. The molecular formula is C38H47N7O4. The molecular weight excluding hydrogens is 618 g/mol. The van der Waals surface area contributed by atoms with E-state index in [0.717, 1.165) is 113 Å². The third-order valence-electron chi connectivity index (χ3n) is 10.6. The number of methoxy groups -OCH3 is 1. The highest BCUT2D eigenvalue weighted by Gasteiger charge is 2.30. The quantitative estimate of drug-likeness (QED) is 0.185. The summed E-state index contributed by atoms with van der Waals surface area (Å²) in [5.41, 5.74) is 7.80.